The predicted molar refractivity (Wildman–Crippen MR) is 135 cm³/mol. The molecule has 1 heterocycles. The normalized spacial score (nSPS) is 10.8. The molecule has 0 radical (unpaired) electrons. The number of hydrogen-bond donors (Lipinski definition) is 0. The number of aromatic nitrogens is 2. The van der Waals surface area contributed by atoms with Crippen LogP contribution in [0.5, 0.6) is 0 Å². The summed E-state index contributed by atoms with van der Waals surface area (Å²) in [7, 11) is 0. The van der Waals surface area contributed by atoms with Gasteiger partial charge in [0, 0.05) is 22.6 Å². The van der Waals surface area contributed by atoms with Crippen LogP contribution in [0.15, 0.2) is 126 Å². The van der Waals surface area contributed by atoms with Crippen LogP contribution in [0.25, 0.3) is 17.1 Å². The van der Waals surface area contributed by atoms with Crippen LogP contribution in [0, 0.1) is 0 Å². The van der Waals surface area contributed by atoms with Gasteiger partial charge in [-0.3, -0.25) is 9.36 Å². The van der Waals surface area contributed by atoms with E-state index in [1.165, 1.54) is 5.56 Å². The molecule has 4 heteroatoms. The first-order chi connectivity index (χ1) is 16.3. The Hall–Kier alpha value is -3.89. The van der Waals surface area contributed by atoms with Crippen LogP contribution >= 0.6 is 11.8 Å². The second-order valence-electron chi connectivity index (χ2n) is 7.60. The van der Waals surface area contributed by atoms with Crippen LogP contribution in [-0.4, -0.2) is 15.3 Å². The van der Waals surface area contributed by atoms with Crippen molar-refractivity contribution in [2.75, 3.05) is 0 Å². The molecule has 0 fully saturated rings. The fourth-order valence-electron chi connectivity index (χ4n) is 3.76. The lowest BCUT2D eigenvalue weighted by atomic mass is 10.1. The Labute approximate surface area is 197 Å². The SMILES string of the molecule is O=C(c1ccccc1)c1c(SCc2ccccc2)nc(-c2ccccc2)n1-c1ccccc1. The monoisotopic (exact) mass is 446 g/mol. The number of para-hydroxylation sites is 1. The van der Waals surface area contributed by atoms with E-state index in [9.17, 15) is 4.79 Å². The summed E-state index contributed by atoms with van der Waals surface area (Å²) in [5.74, 6) is 1.46. The van der Waals surface area contributed by atoms with Gasteiger partial charge in [-0.25, -0.2) is 4.98 Å². The number of benzene rings is 4. The first-order valence-corrected chi connectivity index (χ1v) is 11.8. The summed E-state index contributed by atoms with van der Waals surface area (Å²) in [5.41, 5.74) is 4.31. The molecule has 0 bridgehead atoms. The summed E-state index contributed by atoms with van der Waals surface area (Å²) in [6.07, 6.45) is 0. The molecular formula is C29H22N2OS. The Kier molecular flexibility index (Phi) is 6.18. The van der Waals surface area contributed by atoms with Crippen molar-refractivity contribution >= 4 is 17.5 Å². The maximum Gasteiger partial charge on any atom is 0.212 e. The van der Waals surface area contributed by atoms with Gasteiger partial charge in [-0.1, -0.05) is 121 Å². The van der Waals surface area contributed by atoms with Gasteiger partial charge >= 0.3 is 0 Å². The van der Waals surface area contributed by atoms with Crippen LogP contribution in [-0.2, 0) is 5.75 Å². The minimum absolute atomic E-state index is 0.0373. The second kappa shape index (κ2) is 9.72. The highest BCUT2D eigenvalue weighted by Gasteiger charge is 2.26. The molecule has 0 saturated heterocycles. The van der Waals surface area contributed by atoms with E-state index < -0.39 is 0 Å². The molecular weight excluding hydrogens is 424 g/mol. The van der Waals surface area contributed by atoms with Crippen molar-refractivity contribution in [1.29, 1.82) is 0 Å². The van der Waals surface area contributed by atoms with E-state index in [4.69, 9.17) is 4.98 Å². The second-order valence-corrected chi connectivity index (χ2v) is 8.56. The summed E-state index contributed by atoms with van der Waals surface area (Å²) < 4.78 is 2.00. The molecule has 0 aliphatic rings. The summed E-state index contributed by atoms with van der Waals surface area (Å²) >= 11 is 1.59. The van der Waals surface area contributed by atoms with E-state index in [-0.39, 0.29) is 5.78 Å². The topological polar surface area (TPSA) is 34.9 Å². The number of carbonyl (C=O) groups is 1. The smallest absolute Gasteiger partial charge is 0.212 e. The van der Waals surface area contributed by atoms with Crippen molar-refractivity contribution in [3.8, 4) is 17.1 Å². The van der Waals surface area contributed by atoms with Gasteiger partial charge < -0.3 is 0 Å². The third kappa shape index (κ3) is 4.52. The van der Waals surface area contributed by atoms with E-state index >= 15 is 0 Å². The first-order valence-electron chi connectivity index (χ1n) is 10.8. The highest BCUT2D eigenvalue weighted by atomic mass is 32.2. The molecule has 0 N–H and O–H groups in total. The molecule has 160 valence electrons. The van der Waals surface area contributed by atoms with E-state index in [1.54, 1.807) is 11.8 Å². The molecule has 3 nitrogen and oxygen atoms in total. The maximum atomic E-state index is 13.8. The van der Waals surface area contributed by atoms with Crippen LogP contribution in [0.4, 0.5) is 0 Å². The number of imidazole rings is 1. The van der Waals surface area contributed by atoms with Crippen molar-refractivity contribution in [2.24, 2.45) is 0 Å². The molecule has 5 aromatic rings. The van der Waals surface area contributed by atoms with Gasteiger partial charge in [0.05, 0.1) is 0 Å². The standard InChI is InChI=1S/C29H22N2OS/c32-27(23-15-7-2-8-16-23)26-29(33-21-22-13-5-1-6-14-22)30-28(24-17-9-3-10-18-24)31(26)25-19-11-4-12-20-25/h1-20H,21H2. The molecule has 4 aromatic carbocycles. The van der Waals surface area contributed by atoms with Gasteiger partial charge in [0.2, 0.25) is 5.78 Å². The zero-order valence-electron chi connectivity index (χ0n) is 18.0. The molecule has 5 rings (SSSR count). The van der Waals surface area contributed by atoms with E-state index in [0.717, 1.165) is 27.9 Å². The number of carbonyl (C=O) groups excluding carboxylic acids is 1. The average Bonchev–Trinajstić information content (AvgIpc) is 3.29. The van der Waals surface area contributed by atoms with E-state index in [1.807, 2.05) is 114 Å². The summed E-state index contributed by atoms with van der Waals surface area (Å²) in [5, 5.41) is 0.732. The van der Waals surface area contributed by atoms with Gasteiger partial charge in [-0.05, 0) is 17.7 Å². The van der Waals surface area contributed by atoms with Crippen molar-refractivity contribution in [3.63, 3.8) is 0 Å². The van der Waals surface area contributed by atoms with Crippen molar-refractivity contribution in [1.82, 2.24) is 9.55 Å². The zero-order valence-corrected chi connectivity index (χ0v) is 18.8. The minimum atomic E-state index is -0.0373. The molecule has 0 aliphatic carbocycles. The van der Waals surface area contributed by atoms with Gasteiger partial charge in [-0.2, -0.15) is 0 Å². The number of nitrogens with zero attached hydrogens (tertiary/aromatic N) is 2. The Morgan fingerprint density at radius 2 is 1.24 bits per heavy atom. The Balaban J connectivity index is 1.70. The third-order valence-corrected chi connectivity index (χ3v) is 6.40. The lowest BCUT2D eigenvalue weighted by Crippen LogP contribution is -2.11. The highest BCUT2D eigenvalue weighted by molar-refractivity contribution is 7.98. The first kappa shape index (κ1) is 21.0. The highest BCUT2D eigenvalue weighted by Crippen LogP contribution is 2.34. The average molecular weight is 447 g/mol. The summed E-state index contributed by atoms with van der Waals surface area (Å²) in [4.78, 5) is 18.9. The van der Waals surface area contributed by atoms with Gasteiger partial charge in [0.15, 0.2) is 0 Å². The quantitative estimate of drug-likeness (QED) is 0.198. The van der Waals surface area contributed by atoms with Gasteiger partial charge in [0.25, 0.3) is 0 Å². The number of ketones is 1. The van der Waals surface area contributed by atoms with Crippen LogP contribution in [0.3, 0.4) is 0 Å². The molecule has 0 unspecified atom stereocenters. The van der Waals surface area contributed by atoms with E-state index in [0.29, 0.717) is 11.3 Å². The molecule has 0 spiro atoms. The fourth-order valence-corrected chi connectivity index (χ4v) is 4.73. The van der Waals surface area contributed by atoms with Crippen molar-refractivity contribution in [3.05, 3.63) is 138 Å². The summed E-state index contributed by atoms with van der Waals surface area (Å²) in [6.45, 7) is 0. The molecule has 1 aromatic heterocycles. The molecule has 0 aliphatic heterocycles. The van der Waals surface area contributed by atoms with Crippen LogP contribution in [0.1, 0.15) is 21.6 Å². The lowest BCUT2D eigenvalue weighted by molar-refractivity contribution is 0.102. The molecule has 0 amide bonds. The Morgan fingerprint density at radius 3 is 1.88 bits per heavy atom. The van der Waals surface area contributed by atoms with Crippen LogP contribution < -0.4 is 0 Å². The predicted octanol–water partition coefficient (Wildman–Crippen LogP) is 7.06. The Bertz CT molecular complexity index is 1350. The molecule has 0 saturated carbocycles. The third-order valence-electron chi connectivity index (χ3n) is 5.36. The number of thioether (sulfide) groups is 1. The zero-order chi connectivity index (χ0) is 22.5. The largest absolute Gasteiger partial charge is 0.288 e. The molecule has 33 heavy (non-hydrogen) atoms. The minimum Gasteiger partial charge on any atom is -0.288 e. The van der Waals surface area contributed by atoms with Crippen molar-refractivity contribution < 1.29 is 4.79 Å². The van der Waals surface area contributed by atoms with E-state index in [2.05, 4.69) is 12.1 Å². The lowest BCUT2D eigenvalue weighted by Gasteiger charge is -2.12. The van der Waals surface area contributed by atoms with Gasteiger partial charge in [0.1, 0.15) is 16.5 Å². The van der Waals surface area contributed by atoms with Crippen LogP contribution in [0.2, 0.25) is 0 Å². The number of rotatable bonds is 7. The number of hydrogen-bond acceptors (Lipinski definition) is 3. The maximum absolute atomic E-state index is 13.8. The van der Waals surface area contributed by atoms with Crippen molar-refractivity contribution in [2.45, 2.75) is 10.8 Å². The Morgan fingerprint density at radius 1 is 0.697 bits per heavy atom. The molecule has 0 atom stereocenters. The fraction of sp³-hybridized carbons (Fsp3) is 0.0345. The summed E-state index contributed by atoms with van der Waals surface area (Å²) in [6, 6.07) is 39.7. The van der Waals surface area contributed by atoms with Gasteiger partial charge in [-0.15, -0.1) is 0 Å².